The molecule has 0 aliphatic carbocycles. The van der Waals surface area contributed by atoms with Gasteiger partial charge in [0, 0.05) is 13.1 Å². The second-order valence-electron chi connectivity index (χ2n) is 3.34. The first-order chi connectivity index (χ1) is 7.99. The fourth-order valence-corrected chi connectivity index (χ4v) is 1.36. The fourth-order valence-electron chi connectivity index (χ4n) is 1.36. The molecule has 0 saturated heterocycles. The third-order valence-electron chi connectivity index (χ3n) is 2.19. The minimum atomic E-state index is -0.624. The van der Waals surface area contributed by atoms with E-state index in [1.165, 1.54) is 11.7 Å². The quantitative estimate of drug-likeness (QED) is 0.622. The smallest absolute Gasteiger partial charge is 0.280 e. The third-order valence-corrected chi connectivity index (χ3v) is 2.19. The number of nitrogens with zero attached hydrogens (tertiary/aromatic N) is 4. The monoisotopic (exact) mass is 237 g/mol. The Morgan fingerprint density at radius 2 is 2.24 bits per heavy atom. The van der Waals surface area contributed by atoms with Gasteiger partial charge in [-0.25, -0.2) is 9.07 Å². The van der Waals surface area contributed by atoms with Crippen molar-refractivity contribution in [2.75, 3.05) is 5.73 Å². The van der Waals surface area contributed by atoms with Gasteiger partial charge in [0.15, 0.2) is 5.82 Å². The van der Waals surface area contributed by atoms with Crippen molar-refractivity contribution in [3.8, 4) is 11.4 Å². The van der Waals surface area contributed by atoms with Crippen LogP contribution in [0.15, 0.2) is 18.2 Å². The molecule has 0 aliphatic rings. The zero-order chi connectivity index (χ0) is 12.6. The van der Waals surface area contributed by atoms with Gasteiger partial charge >= 0.3 is 0 Å². The molecular weight excluding hydrogens is 229 g/mol. The van der Waals surface area contributed by atoms with Crippen LogP contribution in [0, 0.1) is 15.9 Å². The summed E-state index contributed by atoms with van der Waals surface area (Å²) in [6, 6.07) is 3.08. The summed E-state index contributed by atoms with van der Waals surface area (Å²) >= 11 is 0. The maximum absolute atomic E-state index is 13.1. The molecule has 0 atom stereocenters. The van der Waals surface area contributed by atoms with Crippen LogP contribution in [0.1, 0.15) is 0 Å². The predicted octanol–water partition coefficient (Wildman–Crippen LogP) is 1.11. The highest BCUT2D eigenvalue weighted by Gasteiger charge is 2.20. The number of hydrogen-bond acceptors (Lipinski definition) is 5. The first-order valence-corrected chi connectivity index (χ1v) is 4.60. The second-order valence-corrected chi connectivity index (χ2v) is 3.34. The summed E-state index contributed by atoms with van der Waals surface area (Å²) in [5, 5.41) is 14.7. The average molecular weight is 237 g/mol. The Hall–Kier alpha value is -2.51. The molecule has 0 bridgehead atoms. The summed E-state index contributed by atoms with van der Waals surface area (Å²) in [6.45, 7) is 0. The van der Waals surface area contributed by atoms with Gasteiger partial charge in [-0.05, 0) is 12.1 Å². The van der Waals surface area contributed by atoms with E-state index in [9.17, 15) is 14.5 Å². The number of anilines is 1. The first-order valence-electron chi connectivity index (χ1n) is 4.60. The first kappa shape index (κ1) is 11.0. The summed E-state index contributed by atoms with van der Waals surface area (Å²) < 4.78 is 14.3. The van der Waals surface area contributed by atoms with Crippen LogP contribution in [0.4, 0.5) is 16.0 Å². The van der Waals surface area contributed by atoms with Gasteiger partial charge in [0.25, 0.3) is 5.69 Å². The van der Waals surface area contributed by atoms with Gasteiger partial charge in [-0.2, -0.15) is 4.98 Å². The second kappa shape index (κ2) is 3.81. The van der Waals surface area contributed by atoms with Crippen molar-refractivity contribution in [3.05, 3.63) is 34.1 Å². The van der Waals surface area contributed by atoms with E-state index < -0.39 is 10.7 Å². The van der Waals surface area contributed by atoms with E-state index in [0.717, 1.165) is 18.2 Å². The third kappa shape index (κ3) is 1.92. The molecule has 0 radical (unpaired) electrons. The number of rotatable bonds is 2. The topological polar surface area (TPSA) is 99.9 Å². The Bertz CT molecular complexity index is 576. The van der Waals surface area contributed by atoms with E-state index in [1.807, 2.05) is 0 Å². The van der Waals surface area contributed by atoms with Crippen molar-refractivity contribution in [3.63, 3.8) is 0 Å². The van der Waals surface area contributed by atoms with Crippen LogP contribution in [-0.2, 0) is 7.05 Å². The van der Waals surface area contributed by atoms with Gasteiger partial charge in [0.1, 0.15) is 11.4 Å². The zero-order valence-electron chi connectivity index (χ0n) is 8.79. The molecule has 1 aromatic heterocycles. The average Bonchev–Trinajstić information content (AvgIpc) is 2.58. The van der Waals surface area contributed by atoms with Crippen LogP contribution >= 0.6 is 0 Å². The van der Waals surface area contributed by atoms with Crippen LogP contribution in [0.3, 0.4) is 0 Å². The number of hydrogen-bond donors (Lipinski definition) is 1. The van der Waals surface area contributed by atoms with E-state index in [2.05, 4.69) is 10.1 Å². The minimum Gasteiger partial charge on any atom is -0.368 e. The van der Waals surface area contributed by atoms with Crippen LogP contribution in [0.2, 0.25) is 0 Å². The lowest BCUT2D eigenvalue weighted by atomic mass is 10.1. The number of aryl methyl sites for hydroxylation is 1. The zero-order valence-corrected chi connectivity index (χ0v) is 8.79. The van der Waals surface area contributed by atoms with Crippen LogP contribution in [-0.4, -0.2) is 19.7 Å². The highest BCUT2D eigenvalue weighted by atomic mass is 19.1. The SMILES string of the molecule is Cn1nc(-c2cc(F)ccc2[N+](=O)[O-])nc1N. The van der Waals surface area contributed by atoms with Gasteiger partial charge in [0.2, 0.25) is 5.95 Å². The highest BCUT2D eigenvalue weighted by Crippen LogP contribution is 2.28. The van der Waals surface area contributed by atoms with E-state index in [0.29, 0.717) is 0 Å². The summed E-state index contributed by atoms with van der Waals surface area (Å²) in [5.74, 6) is -0.480. The summed E-state index contributed by atoms with van der Waals surface area (Å²) in [7, 11) is 1.54. The maximum atomic E-state index is 13.1. The Labute approximate surface area is 94.8 Å². The number of nitro benzene ring substituents is 1. The molecule has 0 spiro atoms. The molecule has 0 saturated carbocycles. The lowest BCUT2D eigenvalue weighted by Gasteiger charge is -1.98. The molecule has 0 amide bonds. The normalized spacial score (nSPS) is 10.5. The molecule has 1 heterocycles. The fraction of sp³-hybridized carbons (Fsp3) is 0.111. The van der Waals surface area contributed by atoms with E-state index in [1.54, 1.807) is 0 Å². The molecule has 88 valence electrons. The molecular formula is C9H8FN5O2. The number of nitrogen functional groups attached to an aromatic ring is 1. The van der Waals surface area contributed by atoms with Crippen LogP contribution in [0.25, 0.3) is 11.4 Å². The number of nitro groups is 1. The summed E-state index contributed by atoms with van der Waals surface area (Å²) in [4.78, 5) is 14.0. The largest absolute Gasteiger partial charge is 0.368 e. The molecule has 2 rings (SSSR count). The number of benzene rings is 1. The molecule has 0 fully saturated rings. The Morgan fingerprint density at radius 3 is 2.76 bits per heavy atom. The molecule has 2 N–H and O–H groups in total. The number of halogens is 1. The van der Waals surface area contributed by atoms with Gasteiger partial charge in [-0.15, -0.1) is 5.10 Å². The van der Waals surface area contributed by atoms with Gasteiger partial charge in [0.05, 0.1) is 4.92 Å². The number of nitrogens with two attached hydrogens (primary N) is 1. The van der Waals surface area contributed by atoms with E-state index >= 15 is 0 Å². The maximum Gasteiger partial charge on any atom is 0.280 e. The molecule has 1 aromatic carbocycles. The highest BCUT2D eigenvalue weighted by molar-refractivity contribution is 5.68. The molecule has 0 unspecified atom stereocenters. The minimum absolute atomic E-state index is 0.00213. The van der Waals surface area contributed by atoms with Crippen LogP contribution in [0.5, 0.6) is 0 Å². The summed E-state index contributed by atoms with van der Waals surface area (Å²) in [6.07, 6.45) is 0. The lowest BCUT2D eigenvalue weighted by molar-refractivity contribution is -0.384. The molecule has 2 aromatic rings. The molecule has 8 heteroatoms. The van der Waals surface area contributed by atoms with E-state index in [4.69, 9.17) is 5.73 Å². The number of aromatic nitrogens is 3. The van der Waals surface area contributed by atoms with Crippen molar-refractivity contribution in [1.82, 2.24) is 14.8 Å². The molecule has 0 aliphatic heterocycles. The van der Waals surface area contributed by atoms with Crippen molar-refractivity contribution < 1.29 is 9.31 Å². The Balaban J connectivity index is 2.64. The predicted molar refractivity (Wildman–Crippen MR) is 57.5 cm³/mol. The van der Waals surface area contributed by atoms with Gasteiger partial charge < -0.3 is 5.73 Å². The van der Waals surface area contributed by atoms with Gasteiger partial charge in [-0.3, -0.25) is 10.1 Å². The summed E-state index contributed by atoms with van der Waals surface area (Å²) in [5.41, 5.74) is 5.20. The standard InChI is InChI=1S/C9H8FN5O2/c1-14-9(11)12-8(13-14)6-4-5(10)2-3-7(6)15(16)17/h2-4H,1H3,(H2,11,12,13). The van der Waals surface area contributed by atoms with Crippen molar-refractivity contribution in [2.24, 2.45) is 7.05 Å². The lowest BCUT2D eigenvalue weighted by Crippen LogP contribution is -1.97. The molecule has 7 nitrogen and oxygen atoms in total. The van der Waals surface area contributed by atoms with Crippen molar-refractivity contribution >= 4 is 11.6 Å². The van der Waals surface area contributed by atoms with Crippen molar-refractivity contribution in [1.29, 1.82) is 0 Å². The Kier molecular flexibility index (Phi) is 2.47. The van der Waals surface area contributed by atoms with Crippen LogP contribution < -0.4 is 5.73 Å². The van der Waals surface area contributed by atoms with E-state index in [-0.39, 0.29) is 23.0 Å². The van der Waals surface area contributed by atoms with Gasteiger partial charge in [-0.1, -0.05) is 0 Å². The Morgan fingerprint density at radius 1 is 1.53 bits per heavy atom. The molecule has 17 heavy (non-hydrogen) atoms. The van der Waals surface area contributed by atoms with Crippen molar-refractivity contribution in [2.45, 2.75) is 0 Å².